The molecular weight excluding hydrogens is 388 g/mol. The Morgan fingerprint density at radius 2 is 2.06 bits per heavy atom. The van der Waals surface area contributed by atoms with Crippen LogP contribution in [0.3, 0.4) is 0 Å². The van der Waals surface area contributed by atoms with Gasteiger partial charge in [-0.1, -0.05) is 31.2 Å². The molecule has 0 radical (unpaired) electrons. The lowest BCUT2D eigenvalue weighted by Gasteiger charge is -2.35. The Kier molecular flexibility index (Phi) is 4.89. The number of pyridine rings is 1. The molecular formula is C26H26N2O3. The smallest absolute Gasteiger partial charge is 0.304 e. The molecule has 0 saturated carbocycles. The number of fused-ring (bicyclic) bond motifs is 4. The number of hydrogen-bond acceptors (Lipinski definition) is 3. The molecule has 31 heavy (non-hydrogen) atoms. The van der Waals surface area contributed by atoms with E-state index < -0.39 is 5.97 Å². The third-order valence-electron chi connectivity index (χ3n) is 6.70. The number of carbonyl (C=O) groups is 1. The van der Waals surface area contributed by atoms with Gasteiger partial charge in [0.05, 0.1) is 17.6 Å². The van der Waals surface area contributed by atoms with Gasteiger partial charge in [-0.25, -0.2) is 4.98 Å². The molecule has 5 heteroatoms. The van der Waals surface area contributed by atoms with Crippen LogP contribution in [0.4, 0.5) is 0 Å². The zero-order valence-electron chi connectivity index (χ0n) is 17.6. The number of aromatic amines is 1. The zero-order valence-corrected chi connectivity index (χ0v) is 17.6. The highest BCUT2D eigenvalue weighted by Crippen LogP contribution is 2.45. The van der Waals surface area contributed by atoms with Crippen molar-refractivity contribution < 1.29 is 14.6 Å². The molecule has 1 atom stereocenters. The molecule has 158 valence electrons. The molecule has 4 aromatic rings. The van der Waals surface area contributed by atoms with Crippen molar-refractivity contribution in [2.24, 2.45) is 0 Å². The first-order chi connectivity index (χ1) is 15.1. The minimum atomic E-state index is -0.736. The normalized spacial score (nSPS) is 18.2. The number of nitrogens with zero attached hydrogens (tertiary/aromatic N) is 1. The first-order valence-electron chi connectivity index (χ1n) is 10.9. The van der Waals surface area contributed by atoms with Crippen molar-refractivity contribution in [2.75, 3.05) is 0 Å². The molecule has 5 rings (SSSR count). The molecule has 0 amide bonds. The third kappa shape index (κ3) is 3.54. The zero-order chi connectivity index (χ0) is 21.4. The molecule has 0 spiro atoms. The van der Waals surface area contributed by atoms with E-state index >= 15 is 0 Å². The van der Waals surface area contributed by atoms with Crippen molar-refractivity contribution in [3.63, 3.8) is 0 Å². The molecule has 0 aliphatic heterocycles. The summed E-state index contributed by atoms with van der Waals surface area (Å²) >= 11 is 0. The van der Waals surface area contributed by atoms with Gasteiger partial charge in [-0.15, -0.1) is 0 Å². The summed E-state index contributed by atoms with van der Waals surface area (Å²) in [7, 11) is 0. The van der Waals surface area contributed by atoms with Gasteiger partial charge in [-0.2, -0.15) is 0 Å². The van der Waals surface area contributed by atoms with E-state index in [0.29, 0.717) is 6.61 Å². The van der Waals surface area contributed by atoms with E-state index in [9.17, 15) is 9.90 Å². The largest absolute Gasteiger partial charge is 0.487 e. The predicted molar refractivity (Wildman–Crippen MR) is 122 cm³/mol. The van der Waals surface area contributed by atoms with Gasteiger partial charge in [-0.3, -0.25) is 4.79 Å². The van der Waals surface area contributed by atoms with Gasteiger partial charge in [0.15, 0.2) is 0 Å². The number of nitrogens with one attached hydrogen (secondary N) is 1. The lowest BCUT2D eigenvalue weighted by atomic mass is 9.69. The molecule has 2 N–H and O–H groups in total. The Bertz CT molecular complexity index is 1280. The predicted octanol–water partition coefficient (Wildman–Crippen LogP) is 5.75. The van der Waals surface area contributed by atoms with Crippen LogP contribution in [0.25, 0.3) is 21.8 Å². The first kappa shape index (κ1) is 19.6. The molecule has 0 bridgehead atoms. The molecule has 0 fully saturated rings. The van der Waals surface area contributed by atoms with Crippen LogP contribution in [0.2, 0.25) is 0 Å². The van der Waals surface area contributed by atoms with Crippen molar-refractivity contribution in [2.45, 2.75) is 51.0 Å². The third-order valence-corrected chi connectivity index (χ3v) is 6.70. The van der Waals surface area contributed by atoms with Gasteiger partial charge in [-0.05, 0) is 61.6 Å². The molecule has 1 aliphatic rings. The van der Waals surface area contributed by atoms with Gasteiger partial charge in [0, 0.05) is 27.4 Å². The highest BCUT2D eigenvalue weighted by atomic mass is 16.5. The number of aliphatic carboxylic acids is 1. The number of aryl methyl sites for hydroxylation is 1. The quantitative estimate of drug-likeness (QED) is 0.421. The van der Waals surface area contributed by atoms with Crippen LogP contribution >= 0.6 is 0 Å². The number of carboxylic acids is 1. The highest BCUT2D eigenvalue weighted by molar-refractivity contribution is 5.87. The van der Waals surface area contributed by atoms with Crippen molar-refractivity contribution in [1.82, 2.24) is 9.97 Å². The lowest BCUT2D eigenvalue weighted by molar-refractivity contribution is -0.138. The molecule has 2 aromatic heterocycles. The van der Waals surface area contributed by atoms with Gasteiger partial charge in [0.2, 0.25) is 0 Å². The SMILES string of the molecule is CCC1(CC(=O)O)CCCc2c1[nH]c1ccc(OCc3ccc4ccccc4n3)cc21. The van der Waals surface area contributed by atoms with Crippen molar-refractivity contribution in [3.8, 4) is 5.75 Å². The highest BCUT2D eigenvalue weighted by Gasteiger charge is 2.39. The number of para-hydroxylation sites is 1. The maximum Gasteiger partial charge on any atom is 0.304 e. The van der Waals surface area contributed by atoms with E-state index in [1.165, 1.54) is 5.56 Å². The minimum Gasteiger partial charge on any atom is -0.487 e. The second kappa shape index (κ2) is 7.73. The van der Waals surface area contributed by atoms with Crippen molar-refractivity contribution in [1.29, 1.82) is 0 Å². The van der Waals surface area contributed by atoms with E-state index in [1.54, 1.807) is 0 Å². The summed E-state index contributed by atoms with van der Waals surface area (Å²) in [5.41, 5.74) is 4.94. The average molecular weight is 415 g/mol. The maximum atomic E-state index is 11.6. The molecule has 2 heterocycles. The summed E-state index contributed by atoms with van der Waals surface area (Å²) in [4.78, 5) is 19.8. The molecule has 1 aliphatic carbocycles. The van der Waals surface area contributed by atoms with Crippen molar-refractivity contribution >= 4 is 27.8 Å². The second-order valence-corrected chi connectivity index (χ2v) is 8.53. The fourth-order valence-corrected chi connectivity index (χ4v) is 5.05. The van der Waals surface area contributed by atoms with Gasteiger partial charge in [0.1, 0.15) is 12.4 Å². The minimum absolute atomic E-state index is 0.167. The van der Waals surface area contributed by atoms with E-state index in [-0.39, 0.29) is 11.8 Å². The van der Waals surface area contributed by atoms with Gasteiger partial charge < -0.3 is 14.8 Å². The summed E-state index contributed by atoms with van der Waals surface area (Å²) in [6, 6.07) is 18.2. The Morgan fingerprint density at radius 1 is 1.19 bits per heavy atom. The standard InChI is InChI=1S/C26H26N2O3/c1-2-26(15-24(29)30)13-5-7-20-21-14-19(11-12-23(21)28-25(20)26)31-16-18-10-9-17-6-3-4-8-22(17)27-18/h3-4,6,8-12,14,28H,2,5,7,13,15-16H2,1H3,(H,29,30). The van der Waals surface area contributed by atoms with Crippen molar-refractivity contribution in [3.05, 3.63) is 71.5 Å². The van der Waals surface area contributed by atoms with Crippen LogP contribution in [-0.4, -0.2) is 21.0 Å². The average Bonchev–Trinajstić information content (AvgIpc) is 3.16. The number of aromatic nitrogens is 2. The Morgan fingerprint density at radius 3 is 2.90 bits per heavy atom. The number of benzene rings is 2. The van der Waals surface area contributed by atoms with Crippen LogP contribution < -0.4 is 4.74 Å². The Balaban J connectivity index is 1.44. The summed E-state index contributed by atoms with van der Waals surface area (Å²) in [6.45, 7) is 2.50. The van der Waals surface area contributed by atoms with E-state index in [1.807, 2.05) is 36.4 Å². The van der Waals surface area contributed by atoms with Crippen LogP contribution in [0.5, 0.6) is 5.75 Å². The number of hydrogen-bond donors (Lipinski definition) is 2. The van der Waals surface area contributed by atoms with Crippen LogP contribution in [-0.2, 0) is 23.2 Å². The summed E-state index contributed by atoms with van der Waals surface area (Å²) < 4.78 is 6.08. The second-order valence-electron chi connectivity index (χ2n) is 8.53. The lowest BCUT2D eigenvalue weighted by Crippen LogP contribution is -2.33. The first-order valence-corrected chi connectivity index (χ1v) is 10.9. The number of carboxylic acid groups (broad SMARTS) is 1. The Labute approximate surface area is 181 Å². The van der Waals surface area contributed by atoms with E-state index in [0.717, 1.165) is 64.6 Å². The summed E-state index contributed by atoms with van der Waals surface area (Å²) in [5.74, 6) is 0.0652. The topological polar surface area (TPSA) is 75.2 Å². The maximum absolute atomic E-state index is 11.6. The molecule has 2 aromatic carbocycles. The molecule has 1 unspecified atom stereocenters. The van der Waals surface area contributed by atoms with Crippen LogP contribution in [0, 0.1) is 0 Å². The number of rotatable bonds is 6. The van der Waals surface area contributed by atoms with E-state index in [2.05, 4.69) is 35.1 Å². The van der Waals surface area contributed by atoms with Crippen LogP contribution in [0.15, 0.2) is 54.6 Å². The number of H-pyrrole nitrogens is 1. The van der Waals surface area contributed by atoms with Crippen LogP contribution in [0.1, 0.15) is 49.6 Å². The molecule has 5 nitrogen and oxygen atoms in total. The number of ether oxygens (including phenoxy) is 1. The summed E-state index contributed by atoms with van der Waals surface area (Å²) in [5, 5.41) is 11.8. The monoisotopic (exact) mass is 414 g/mol. The summed E-state index contributed by atoms with van der Waals surface area (Å²) in [6.07, 6.45) is 3.86. The van der Waals surface area contributed by atoms with Gasteiger partial charge >= 0.3 is 5.97 Å². The molecule has 0 saturated heterocycles. The fraction of sp³-hybridized carbons (Fsp3) is 0.308. The fourth-order valence-electron chi connectivity index (χ4n) is 5.05. The van der Waals surface area contributed by atoms with Gasteiger partial charge in [0.25, 0.3) is 0 Å². The Hall–Kier alpha value is -3.34. The van der Waals surface area contributed by atoms with E-state index in [4.69, 9.17) is 4.74 Å².